The second kappa shape index (κ2) is 5.87. The molecular weight excluding hydrogens is 280 g/mol. The lowest BCUT2D eigenvalue weighted by molar-refractivity contribution is 0.0544. The maximum atomic E-state index is 5.56. The van der Waals surface area contributed by atoms with Crippen molar-refractivity contribution in [3.05, 3.63) is 29.3 Å². The summed E-state index contributed by atoms with van der Waals surface area (Å²) >= 11 is 3.81. The number of rotatable bonds is 3. The van der Waals surface area contributed by atoms with Crippen LogP contribution in [0.1, 0.15) is 28.8 Å². The quantitative estimate of drug-likeness (QED) is 0.789. The molecule has 17 heavy (non-hydrogen) atoms. The van der Waals surface area contributed by atoms with Crippen LogP contribution in [0, 0.1) is 12.8 Å². The van der Waals surface area contributed by atoms with Crippen LogP contribution < -0.4 is 4.74 Å². The van der Waals surface area contributed by atoms with Gasteiger partial charge >= 0.3 is 0 Å². The number of hydrogen-bond acceptors (Lipinski definition) is 2. The summed E-state index contributed by atoms with van der Waals surface area (Å²) < 4.78 is 11.0. The van der Waals surface area contributed by atoms with Gasteiger partial charge in [-0.1, -0.05) is 33.6 Å². The molecule has 94 valence electrons. The zero-order chi connectivity index (χ0) is 12.3. The Balaban J connectivity index is 2.21. The Morgan fingerprint density at radius 2 is 2.29 bits per heavy atom. The Bertz CT molecular complexity index is 372. The molecule has 0 saturated carbocycles. The van der Waals surface area contributed by atoms with E-state index in [9.17, 15) is 0 Å². The summed E-state index contributed by atoms with van der Waals surface area (Å²) in [5, 5.41) is 0. The van der Waals surface area contributed by atoms with Crippen molar-refractivity contribution < 1.29 is 9.47 Å². The third-order valence-corrected chi connectivity index (χ3v) is 4.53. The monoisotopic (exact) mass is 298 g/mol. The van der Waals surface area contributed by atoms with Crippen LogP contribution in [-0.2, 0) is 4.74 Å². The van der Waals surface area contributed by atoms with Crippen molar-refractivity contribution in [1.29, 1.82) is 0 Å². The fraction of sp³-hybridized carbons (Fsp3) is 0.571. The second-order valence-corrected chi connectivity index (χ2v) is 5.61. The smallest absolute Gasteiger partial charge is 0.123 e. The predicted octanol–water partition coefficient (Wildman–Crippen LogP) is 3.87. The molecule has 0 N–H and O–H groups in total. The summed E-state index contributed by atoms with van der Waals surface area (Å²) in [5.41, 5.74) is 2.50. The van der Waals surface area contributed by atoms with Gasteiger partial charge in [0.1, 0.15) is 5.75 Å². The molecule has 0 bridgehead atoms. The molecule has 0 aromatic heterocycles. The molecule has 2 unspecified atom stereocenters. The van der Waals surface area contributed by atoms with Gasteiger partial charge in [-0.25, -0.2) is 0 Å². The highest BCUT2D eigenvalue weighted by molar-refractivity contribution is 9.09. The van der Waals surface area contributed by atoms with Gasteiger partial charge in [-0.15, -0.1) is 0 Å². The van der Waals surface area contributed by atoms with Crippen LogP contribution in [0.5, 0.6) is 5.75 Å². The van der Waals surface area contributed by atoms with E-state index in [0.717, 1.165) is 25.4 Å². The first-order chi connectivity index (χ1) is 8.22. The van der Waals surface area contributed by atoms with Gasteiger partial charge in [0.25, 0.3) is 0 Å². The third kappa shape index (κ3) is 3.02. The summed E-state index contributed by atoms with van der Waals surface area (Å²) in [6.07, 6.45) is 2.37. The van der Waals surface area contributed by atoms with Crippen LogP contribution >= 0.6 is 15.9 Å². The van der Waals surface area contributed by atoms with Crippen molar-refractivity contribution in [2.24, 2.45) is 5.92 Å². The predicted molar refractivity (Wildman–Crippen MR) is 72.9 cm³/mol. The molecule has 1 aliphatic heterocycles. The molecule has 1 aromatic carbocycles. The molecule has 0 amide bonds. The van der Waals surface area contributed by atoms with Crippen molar-refractivity contribution in [1.82, 2.24) is 0 Å². The fourth-order valence-electron chi connectivity index (χ4n) is 2.32. The molecule has 2 rings (SSSR count). The van der Waals surface area contributed by atoms with Crippen LogP contribution in [0.3, 0.4) is 0 Å². The van der Waals surface area contributed by atoms with Crippen LogP contribution in [0.15, 0.2) is 18.2 Å². The van der Waals surface area contributed by atoms with E-state index < -0.39 is 0 Å². The highest BCUT2D eigenvalue weighted by Crippen LogP contribution is 2.40. The molecule has 1 heterocycles. The van der Waals surface area contributed by atoms with Crippen molar-refractivity contribution >= 4 is 15.9 Å². The first-order valence-electron chi connectivity index (χ1n) is 6.08. The molecular formula is C14H19BrO2. The maximum absolute atomic E-state index is 5.56. The zero-order valence-corrected chi connectivity index (χ0v) is 12.0. The molecule has 2 nitrogen and oxygen atoms in total. The van der Waals surface area contributed by atoms with Crippen LogP contribution in [-0.4, -0.2) is 20.3 Å². The molecule has 0 radical (unpaired) electrons. The molecule has 0 spiro atoms. The van der Waals surface area contributed by atoms with Gasteiger partial charge in [-0.3, -0.25) is 0 Å². The van der Waals surface area contributed by atoms with Gasteiger partial charge in [0, 0.05) is 17.0 Å². The van der Waals surface area contributed by atoms with Gasteiger partial charge in [0.2, 0.25) is 0 Å². The first-order valence-corrected chi connectivity index (χ1v) is 7.00. The fourth-order valence-corrected chi connectivity index (χ4v) is 3.09. The average molecular weight is 299 g/mol. The molecule has 2 atom stereocenters. The molecule has 1 aliphatic rings. The van der Waals surface area contributed by atoms with Gasteiger partial charge in [0.15, 0.2) is 0 Å². The molecule has 1 fully saturated rings. The van der Waals surface area contributed by atoms with Gasteiger partial charge in [-0.2, -0.15) is 0 Å². The Labute approximate surface area is 111 Å². The van der Waals surface area contributed by atoms with E-state index in [4.69, 9.17) is 9.47 Å². The van der Waals surface area contributed by atoms with Gasteiger partial charge in [0.05, 0.1) is 13.7 Å². The van der Waals surface area contributed by atoms with Crippen molar-refractivity contribution in [2.45, 2.75) is 24.6 Å². The van der Waals surface area contributed by atoms with Crippen molar-refractivity contribution in [3.63, 3.8) is 0 Å². The van der Waals surface area contributed by atoms with Crippen LogP contribution in [0.25, 0.3) is 0 Å². The molecule has 0 aliphatic carbocycles. The number of benzene rings is 1. The van der Waals surface area contributed by atoms with E-state index in [-0.39, 0.29) is 0 Å². The number of methoxy groups -OCH3 is 1. The number of alkyl halides is 1. The Kier molecular flexibility index (Phi) is 4.46. The molecule has 1 saturated heterocycles. The van der Waals surface area contributed by atoms with Gasteiger partial charge in [-0.05, 0) is 31.7 Å². The lowest BCUT2D eigenvalue weighted by atomic mass is 9.93. The van der Waals surface area contributed by atoms with Crippen molar-refractivity contribution in [2.75, 3.05) is 20.3 Å². The Morgan fingerprint density at radius 3 is 2.94 bits per heavy atom. The minimum Gasteiger partial charge on any atom is -0.496 e. The SMILES string of the molecule is COc1ccc(C)cc1C(Br)C1CCCOC1. The van der Waals surface area contributed by atoms with E-state index >= 15 is 0 Å². The maximum Gasteiger partial charge on any atom is 0.123 e. The van der Waals surface area contributed by atoms with Gasteiger partial charge < -0.3 is 9.47 Å². The Hall–Kier alpha value is -0.540. The summed E-state index contributed by atoms with van der Waals surface area (Å²) in [7, 11) is 1.73. The van der Waals surface area contributed by atoms with Crippen LogP contribution in [0.2, 0.25) is 0 Å². The minimum atomic E-state index is 0.317. The standard InChI is InChI=1S/C14H19BrO2/c1-10-5-6-13(16-2)12(8-10)14(15)11-4-3-7-17-9-11/h5-6,8,11,14H,3-4,7,9H2,1-2H3. The highest BCUT2D eigenvalue weighted by Gasteiger charge is 2.25. The average Bonchev–Trinajstić information content (AvgIpc) is 2.39. The summed E-state index contributed by atoms with van der Waals surface area (Å²) in [5.74, 6) is 1.50. The van der Waals surface area contributed by atoms with Crippen molar-refractivity contribution in [3.8, 4) is 5.75 Å². The summed E-state index contributed by atoms with van der Waals surface area (Å²) in [4.78, 5) is 0.317. The van der Waals surface area contributed by atoms with E-state index in [1.807, 2.05) is 6.07 Å². The van der Waals surface area contributed by atoms with E-state index in [1.54, 1.807) is 7.11 Å². The number of aryl methyl sites for hydroxylation is 1. The largest absolute Gasteiger partial charge is 0.496 e. The number of halogens is 1. The first kappa shape index (κ1) is 12.9. The number of ether oxygens (including phenoxy) is 2. The Morgan fingerprint density at radius 1 is 1.47 bits per heavy atom. The normalized spacial score (nSPS) is 22.2. The van der Waals surface area contributed by atoms with E-state index in [2.05, 4.69) is 35.0 Å². The second-order valence-electron chi connectivity index (χ2n) is 4.62. The highest BCUT2D eigenvalue weighted by atomic mass is 79.9. The summed E-state index contributed by atoms with van der Waals surface area (Å²) in [6, 6.07) is 6.33. The lowest BCUT2D eigenvalue weighted by Crippen LogP contribution is -2.21. The summed E-state index contributed by atoms with van der Waals surface area (Å²) in [6.45, 7) is 3.86. The van der Waals surface area contributed by atoms with E-state index in [1.165, 1.54) is 17.5 Å². The molecule has 1 aromatic rings. The van der Waals surface area contributed by atoms with E-state index in [0.29, 0.717) is 10.7 Å². The lowest BCUT2D eigenvalue weighted by Gasteiger charge is -2.27. The number of hydrogen-bond donors (Lipinski definition) is 0. The third-order valence-electron chi connectivity index (χ3n) is 3.29. The zero-order valence-electron chi connectivity index (χ0n) is 10.4. The molecule has 3 heteroatoms. The minimum absolute atomic E-state index is 0.317. The topological polar surface area (TPSA) is 18.5 Å². The van der Waals surface area contributed by atoms with Crippen LogP contribution in [0.4, 0.5) is 0 Å².